The number of anilines is 1. The van der Waals surface area contributed by atoms with Crippen molar-refractivity contribution in [3.8, 4) is 0 Å². The number of thioether (sulfide) groups is 1. The summed E-state index contributed by atoms with van der Waals surface area (Å²) in [6, 6.07) is 10.1. The monoisotopic (exact) mass is 352 g/mol. The molecule has 3 rings (SSSR count). The average Bonchev–Trinajstić information content (AvgIpc) is 2.78. The highest BCUT2D eigenvalue weighted by Crippen LogP contribution is 2.35. The van der Waals surface area contributed by atoms with Crippen LogP contribution in [0.2, 0.25) is 10.0 Å². The van der Waals surface area contributed by atoms with Crippen molar-refractivity contribution in [1.29, 1.82) is 0 Å². The Balaban J connectivity index is 1.83. The summed E-state index contributed by atoms with van der Waals surface area (Å²) < 4.78 is 0. The number of hydrogen-bond acceptors (Lipinski definition) is 4. The number of imide groups is 1. The first-order valence-corrected chi connectivity index (χ1v) is 8.09. The van der Waals surface area contributed by atoms with Crippen molar-refractivity contribution >= 4 is 52.5 Å². The number of benzene rings is 1. The highest BCUT2D eigenvalue weighted by Gasteiger charge is 2.40. The van der Waals surface area contributed by atoms with Gasteiger partial charge in [-0.15, -0.1) is 0 Å². The second-order valence-corrected chi connectivity index (χ2v) is 6.68. The maximum Gasteiger partial charge on any atom is 0.247 e. The molecular formula is C15H10Cl2N2O2S. The van der Waals surface area contributed by atoms with E-state index in [4.69, 9.17) is 23.2 Å². The number of pyridine rings is 1. The second kappa shape index (κ2) is 6.28. The molecule has 1 aromatic heterocycles. The van der Waals surface area contributed by atoms with Gasteiger partial charge in [-0.05, 0) is 30.3 Å². The van der Waals surface area contributed by atoms with Crippen LogP contribution in [-0.2, 0) is 9.59 Å². The summed E-state index contributed by atoms with van der Waals surface area (Å²) in [6.07, 6.45) is 1.79. The number of halogens is 2. The third-order valence-electron chi connectivity index (χ3n) is 3.17. The number of aromatic nitrogens is 1. The number of amides is 2. The molecule has 1 aromatic carbocycles. The van der Waals surface area contributed by atoms with E-state index in [1.807, 2.05) is 12.1 Å². The zero-order chi connectivity index (χ0) is 15.7. The molecule has 0 saturated carbocycles. The normalized spacial score (nSPS) is 18.1. The van der Waals surface area contributed by atoms with Gasteiger partial charge in [0.1, 0.15) is 0 Å². The van der Waals surface area contributed by atoms with E-state index in [0.717, 1.165) is 4.90 Å². The Morgan fingerprint density at radius 2 is 1.95 bits per heavy atom. The third-order valence-corrected chi connectivity index (χ3v) is 5.04. The molecule has 0 radical (unpaired) electrons. The molecule has 1 unspecified atom stereocenters. The zero-order valence-corrected chi connectivity index (χ0v) is 13.5. The van der Waals surface area contributed by atoms with Gasteiger partial charge >= 0.3 is 0 Å². The van der Waals surface area contributed by atoms with Crippen LogP contribution in [0.25, 0.3) is 0 Å². The third kappa shape index (κ3) is 2.97. The second-order valence-electron chi connectivity index (χ2n) is 4.64. The van der Waals surface area contributed by atoms with Crippen LogP contribution in [0.3, 0.4) is 0 Å². The highest BCUT2D eigenvalue weighted by atomic mass is 35.5. The molecule has 2 aromatic rings. The maximum atomic E-state index is 12.5. The van der Waals surface area contributed by atoms with Crippen LogP contribution in [0.15, 0.2) is 47.6 Å². The van der Waals surface area contributed by atoms with Crippen molar-refractivity contribution < 1.29 is 9.59 Å². The van der Waals surface area contributed by atoms with Gasteiger partial charge in [0.05, 0.1) is 26.0 Å². The lowest BCUT2D eigenvalue weighted by atomic mass is 10.3. The highest BCUT2D eigenvalue weighted by molar-refractivity contribution is 8.00. The van der Waals surface area contributed by atoms with Crippen LogP contribution >= 0.6 is 35.0 Å². The van der Waals surface area contributed by atoms with Crippen molar-refractivity contribution in [3.63, 3.8) is 0 Å². The molecule has 0 N–H and O–H groups in total. The molecular weight excluding hydrogens is 343 g/mol. The first-order chi connectivity index (χ1) is 10.6. The summed E-state index contributed by atoms with van der Waals surface area (Å²) in [6.45, 7) is 0. The summed E-state index contributed by atoms with van der Waals surface area (Å²) in [7, 11) is 0. The SMILES string of the molecule is O=C1CC(Sc2ccccn2)C(=O)N1c1ccc(Cl)c(Cl)c1. The van der Waals surface area contributed by atoms with E-state index < -0.39 is 5.25 Å². The molecule has 0 aliphatic carbocycles. The number of carbonyl (C=O) groups excluding carboxylic acids is 2. The van der Waals surface area contributed by atoms with Crippen molar-refractivity contribution in [2.45, 2.75) is 16.7 Å². The number of hydrogen-bond donors (Lipinski definition) is 0. The van der Waals surface area contributed by atoms with Gasteiger partial charge in [0.25, 0.3) is 0 Å². The molecule has 4 nitrogen and oxygen atoms in total. The Bertz CT molecular complexity index is 740. The minimum Gasteiger partial charge on any atom is -0.274 e. The smallest absolute Gasteiger partial charge is 0.247 e. The fourth-order valence-electron chi connectivity index (χ4n) is 2.15. The molecule has 22 heavy (non-hydrogen) atoms. The molecule has 1 fully saturated rings. The topological polar surface area (TPSA) is 50.3 Å². The number of nitrogens with zero attached hydrogens (tertiary/aromatic N) is 2. The van der Waals surface area contributed by atoms with E-state index in [1.165, 1.54) is 17.8 Å². The van der Waals surface area contributed by atoms with Crippen LogP contribution in [-0.4, -0.2) is 22.0 Å². The van der Waals surface area contributed by atoms with E-state index in [0.29, 0.717) is 20.8 Å². The lowest BCUT2D eigenvalue weighted by Crippen LogP contribution is -2.31. The van der Waals surface area contributed by atoms with Crippen LogP contribution in [0.1, 0.15) is 6.42 Å². The predicted molar refractivity (Wildman–Crippen MR) is 87.5 cm³/mol. The Morgan fingerprint density at radius 3 is 2.64 bits per heavy atom. The first kappa shape index (κ1) is 15.3. The van der Waals surface area contributed by atoms with Gasteiger partial charge in [0, 0.05) is 12.6 Å². The van der Waals surface area contributed by atoms with Crippen LogP contribution < -0.4 is 4.90 Å². The van der Waals surface area contributed by atoms with E-state index in [1.54, 1.807) is 24.4 Å². The van der Waals surface area contributed by atoms with Crippen LogP contribution in [0.4, 0.5) is 5.69 Å². The van der Waals surface area contributed by atoms with Gasteiger partial charge < -0.3 is 0 Å². The fraction of sp³-hybridized carbons (Fsp3) is 0.133. The fourth-order valence-corrected chi connectivity index (χ4v) is 3.45. The van der Waals surface area contributed by atoms with Gasteiger partial charge in [-0.1, -0.05) is 41.0 Å². The summed E-state index contributed by atoms with van der Waals surface area (Å²) in [4.78, 5) is 30.0. The standard InChI is InChI=1S/C15H10Cl2N2O2S/c16-10-5-4-9(7-11(10)17)19-14(20)8-12(15(19)21)22-13-3-1-2-6-18-13/h1-7,12H,8H2. The Morgan fingerprint density at radius 1 is 1.14 bits per heavy atom. The minimum absolute atomic E-state index is 0.139. The first-order valence-electron chi connectivity index (χ1n) is 6.46. The Labute approximate surface area is 141 Å². The molecule has 0 bridgehead atoms. The summed E-state index contributed by atoms with van der Waals surface area (Å²) in [5.74, 6) is -0.518. The molecule has 0 spiro atoms. The summed E-state index contributed by atoms with van der Waals surface area (Å²) in [5, 5.41) is 0.922. The van der Waals surface area contributed by atoms with E-state index in [-0.39, 0.29) is 18.2 Å². The van der Waals surface area contributed by atoms with Gasteiger partial charge in [-0.3, -0.25) is 9.59 Å². The van der Waals surface area contributed by atoms with Gasteiger partial charge in [0.2, 0.25) is 11.8 Å². The molecule has 2 amide bonds. The van der Waals surface area contributed by atoms with E-state index in [9.17, 15) is 9.59 Å². The molecule has 2 heterocycles. The van der Waals surface area contributed by atoms with Crippen molar-refractivity contribution in [1.82, 2.24) is 4.98 Å². The lowest BCUT2D eigenvalue weighted by molar-refractivity contribution is -0.121. The summed E-state index contributed by atoms with van der Waals surface area (Å²) in [5.41, 5.74) is 0.438. The van der Waals surface area contributed by atoms with Crippen LogP contribution in [0, 0.1) is 0 Å². The van der Waals surface area contributed by atoms with Gasteiger partial charge in [-0.2, -0.15) is 0 Å². The Hall–Kier alpha value is -1.56. The van der Waals surface area contributed by atoms with E-state index in [2.05, 4.69) is 4.98 Å². The Kier molecular flexibility index (Phi) is 4.38. The van der Waals surface area contributed by atoms with Crippen molar-refractivity contribution in [3.05, 3.63) is 52.6 Å². The maximum absolute atomic E-state index is 12.5. The number of carbonyl (C=O) groups is 2. The van der Waals surface area contributed by atoms with Crippen molar-refractivity contribution in [2.24, 2.45) is 0 Å². The molecule has 1 aliphatic heterocycles. The quantitative estimate of drug-likeness (QED) is 0.788. The van der Waals surface area contributed by atoms with Gasteiger partial charge in [0.15, 0.2) is 0 Å². The molecule has 7 heteroatoms. The molecule has 112 valence electrons. The zero-order valence-electron chi connectivity index (χ0n) is 11.2. The van der Waals surface area contributed by atoms with E-state index >= 15 is 0 Å². The average molecular weight is 353 g/mol. The van der Waals surface area contributed by atoms with Crippen LogP contribution in [0.5, 0.6) is 0 Å². The summed E-state index contributed by atoms with van der Waals surface area (Å²) >= 11 is 13.1. The number of rotatable bonds is 3. The largest absolute Gasteiger partial charge is 0.274 e. The predicted octanol–water partition coefficient (Wildman–Crippen LogP) is 3.81. The van der Waals surface area contributed by atoms with Crippen molar-refractivity contribution in [2.75, 3.05) is 4.90 Å². The van der Waals surface area contributed by atoms with Gasteiger partial charge in [-0.25, -0.2) is 9.88 Å². The minimum atomic E-state index is -0.475. The lowest BCUT2D eigenvalue weighted by Gasteiger charge is -2.15. The molecule has 1 atom stereocenters. The molecule has 1 saturated heterocycles. The molecule has 1 aliphatic rings.